The van der Waals surface area contributed by atoms with Crippen molar-refractivity contribution in [3.63, 3.8) is 0 Å². The molecule has 3 unspecified atom stereocenters. The Kier molecular flexibility index (Phi) is 7.85. The van der Waals surface area contributed by atoms with Gasteiger partial charge in [0.2, 0.25) is 0 Å². The number of rotatable bonds is 6. The highest BCUT2D eigenvalue weighted by molar-refractivity contribution is 5.68. The lowest BCUT2D eigenvalue weighted by Crippen LogP contribution is -2.49. The first kappa shape index (κ1) is 20.3. The number of nitrogens with one attached hydrogen (secondary N) is 1. The molecule has 3 atom stereocenters. The Morgan fingerprint density at radius 2 is 1.83 bits per heavy atom. The maximum absolute atomic E-state index is 12.5. The van der Waals surface area contributed by atoms with Crippen LogP contribution in [0.4, 0.5) is 4.79 Å². The second-order valence-electron chi connectivity index (χ2n) is 8.66. The molecule has 136 valence electrons. The zero-order valence-electron chi connectivity index (χ0n) is 16.3. The predicted octanol–water partition coefficient (Wildman–Crippen LogP) is 4.58. The van der Waals surface area contributed by atoms with E-state index in [-0.39, 0.29) is 6.09 Å². The summed E-state index contributed by atoms with van der Waals surface area (Å²) in [4.78, 5) is 14.4. The van der Waals surface area contributed by atoms with Gasteiger partial charge in [-0.25, -0.2) is 4.79 Å². The van der Waals surface area contributed by atoms with Gasteiger partial charge in [-0.15, -0.1) is 0 Å². The maximum Gasteiger partial charge on any atom is 0.410 e. The molecule has 0 bridgehead atoms. The van der Waals surface area contributed by atoms with Gasteiger partial charge in [-0.2, -0.15) is 0 Å². The second kappa shape index (κ2) is 8.91. The largest absolute Gasteiger partial charge is 0.444 e. The number of hydrogen-bond acceptors (Lipinski definition) is 3. The van der Waals surface area contributed by atoms with E-state index < -0.39 is 5.60 Å². The van der Waals surface area contributed by atoms with Crippen LogP contribution in [0.5, 0.6) is 0 Å². The number of piperidine rings is 1. The van der Waals surface area contributed by atoms with E-state index in [1.807, 2.05) is 25.7 Å². The zero-order chi connectivity index (χ0) is 17.6. The summed E-state index contributed by atoms with van der Waals surface area (Å²) in [5.74, 6) is 0.706. The summed E-state index contributed by atoms with van der Waals surface area (Å²) in [6.07, 6.45) is 5.42. The van der Waals surface area contributed by atoms with Crippen molar-refractivity contribution in [2.75, 3.05) is 6.54 Å². The van der Waals surface area contributed by atoms with Crippen LogP contribution < -0.4 is 5.32 Å². The molecule has 0 aromatic carbocycles. The summed E-state index contributed by atoms with van der Waals surface area (Å²) in [5.41, 5.74) is -0.422. The summed E-state index contributed by atoms with van der Waals surface area (Å²) >= 11 is 0. The molecule has 1 fully saturated rings. The van der Waals surface area contributed by atoms with E-state index in [4.69, 9.17) is 4.74 Å². The van der Waals surface area contributed by atoms with E-state index in [0.29, 0.717) is 24.0 Å². The number of carbonyl (C=O) groups excluding carboxylic acids is 1. The van der Waals surface area contributed by atoms with Crippen LogP contribution in [0, 0.1) is 5.92 Å². The molecule has 4 heteroatoms. The van der Waals surface area contributed by atoms with Crippen molar-refractivity contribution >= 4 is 6.09 Å². The Morgan fingerprint density at radius 1 is 1.17 bits per heavy atom. The van der Waals surface area contributed by atoms with Crippen molar-refractivity contribution in [2.45, 2.75) is 104 Å². The van der Waals surface area contributed by atoms with Gasteiger partial charge in [-0.3, -0.25) is 0 Å². The van der Waals surface area contributed by atoms with Crippen LogP contribution in [0.2, 0.25) is 0 Å². The summed E-state index contributed by atoms with van der Waals surface area (Å²) in [5, 5.41) is 3.69. The van der Waals surface area contributed by atoms with Crippen molar-refractivity contribution in [1.29, 1.82) is 0 Å². The number of carbonyl (C=O) groups is 1. The molecule has 1 aliphatic heterocycles. The van der Waals surface area contributed by atoms with E-state index in [1.165, 1.54) is 12.8 Å². The first-order valence-electron chi connectivity index (χ1n) is 9.34. The van der Waals surface area contributed by atoms with Crippen molar-refractivity contribution in [3.05, 3.63) is 0 Å². The van der Waals surface area contributed by atoms with Crippen LogP contribution in [0.25, 0.3) is 0 Å². The maximum atomic E-state index is 12.5. The Hall–Kier alpha value is -0.770. The lowest BCUT2D eigenvalue weighted by atomic mass is 9.96. The van der Waals surface area contributed by atoms with E-state index in [2.05, 4.69) is 33.0 Å². The van der Waals surface area contributed by atoms with Gasteiger partial charge >= 0.3 is 6.09 Å². The summed E-state index contributed by atoms with van der Waals surface area (Å²) in [6.45, 7) is 15.6. The fourth-order valence-electron chi connectivity index (χ4n) is 3.54. The average molecular weight is 327 g/mol. The minimum atomic E-state index is -0.422. The van der Waals surface area contributed by atoms with Gasteiger partial charge in [-0.1, -0.05) is 13.8 Å². The highest BCUT2D eigenvalue weighted by Crippen LogP contribution is 2.23. The fourth-order valence-corrected chi connectivity index (χ4v) is 3.54. The van der Waals surface area contributed by atoms with E-state index in [9.17, 15) is 4.79 Å². The Bertz CT molecular complexity index is 363. The molecule has 1 N–H and O–H groups in total. The molecule has 0 radical (unpaired) electrons. The van der Waals surface area contributed by atoms with Crippen LogP contribution in [0.3, 0.4) is 0 Å². The Balaban J connectivity index is 2.55. The Morgan fingerprint density at radius 3 is 2.39 bits per heavy atom. The molecule has 1 aliphatic rings. The predicted molar refractivity (Wildman–Crippen MR) is 96.7 cm³/mol. The fraction of sp³-hybridized carbons (Fsp3) is 0.947. The van der Waals surface area contributed by atoms with E-state index >= 15 is 0 Å². The average Bonchev–Trinajstić information content (AvgIpc) is 2.35. The van der Waals surface area contributed by atoms with Gasteiger partial charge in [0.05, 0.1) is 0 Å². The van der Waals surface area contributed by atoms with Gasteiger partial charge in [0, 0.05) is 24.7 Å². The minimum Gasteiger partial charge on any atom is -0.444 e. The molecule has 1 heterocycles. The van der Waals surface area contributed by atoms with Crippen LogP contribution >= 0.6 is 0 Å². The third kappa shape index (κ3) is 8.05. The van der Waals surface area contributed by atoms with Gasteiger partial charge in [-0.05, 0) is 72.6 Å². The molecule has 0 aliphatic carbocycles. The van der Waals surface area contributed by atoms with Gasteiger partial charge < -0.3 is 15.0 Å². The normalized spacial score (nSPS) is 22.1. The molecule has 0 aromatic heterocycles. The number of likely N-dealkylation sites (tertiary alicyclic amines) is 1. The van der Waals surface area contributed by atoms with Crippen LogP contribution in [0.15, 0.2) is 0 Å². The summed E-state index contributed by atoms with van der Waals surface area (Å²) in [6, 6.07) is 1.23. The third-order valence-electron chi connectivity index (χ3n) is 4.27. The third-order valence-corrected chi connectivity index (χ3v) is 4.27. The number of nitrogens with zero attached hydrogens (tertiary/aromatic N) is 1. The van der Waals surface area contributed by atoms with Crippen molar-refractivity contribution in [2.24, 2.45) is 5.92 Å². The van der Waals surface area contributed by atoms with Crippen molar-refractivity contribution in [3.8, 4) is 0 Å². The molecule has 1 saturated heterocycles. The van der Waals surface area contributed by atoms with E-state index in [0.717, 1.165) is 25.8 Å². The first-order valence-corrected chi connectivity index (χ1v) is 9.34. The highest BCUT2D eigenvalue weighted by atomic mass is 16.6. The van der Waals surface area contributed by atoms with Crippen molar-refractivity contribution < 1.29 is 9.53 Å². The molecule has 0 spiro atoms. The molecule has 0 aromatic rings. The lowest BCUT2D eigenvalue weighted by Gasteiger charge is -2.38. The molecule has 0 saturated carbocycles. The molecular weight excluding hydrogens is 288 g/mol. The molecule has 4 nitrogen and oxygen atoms in total. The smallest absolute Gasteiger partial charge is 0.410 e. The summed E-state index contributed by atoms with van der Waals surface area (Å²) in [7, 11) is 0. The lowest BCUT2D eigenvalue weighted by molar-refractivity contribution is 0.00779. The zero-order valence-corrected chi connectivity index (χ0v) is 16.3. The van der Waals surface area contributed by atoms with Crippen LogP contribution in [-0.4, -0.2) is 41.3 Å². The van der Waals surface area contributed by atoms with Crippen LogP contribution in [-0.2, 0) is 4.74 Å². The topological polar surface area (TPSA) is 41.6 Å². The van der Waals surface area contributed by atoms with Crippen LogP contribution in [0.1, 0.15) is 80.6 Å². The molecular formula is C19H38N2O2. The van der Waals surface area contributed by atoms with Gasteiger partial charge in [0.25, 0.3) is 0 Å². The number of ether oxygens (including phenoxy) is 1. The Labute approximate surface area is 143 Å². The summed E-state index contributed by atoms with van der Waals surface area (Å²) < 4.78 is 5.59. The molecule has 1 rings (SSSR count). The molecule has 1 amide bonds. The van der Waals surface area contributed by atoms with Gasteiger partial charge in [0.15, 0.2) is 0 Å². The highest BCUT2D eigenvalue weighted by Gasteiger charge is 2.31. The monoisotopic (exact) mass is 326 g/mol. The number of hydrogen-bond donors (Lipinski definition) is 1. The first-order chi connectivity index (χ1) is 10.6. The quantitative estimate of drug-likeness (QED) is 0.777. The van der Waals surface area contributed by atoms with Gasteiger partial charge in [0.1, 0.15) is 5.60 Å². The SMILES string of the molecule is CC(C)CC(C)NC(C)CC1CCCCN1C(=O)OC(C)(C)C. The van der Waals surface area contributed by atoms with Crippen molar-refractivity contribution in [1.82, 2.24) is 10.2 Å². The van der Waals surface area contributed by atoms with E-state index in [1.54, 1.807) is 0 Å². The molecule has 23 heavy (non-hydrogen) atoms. The minimum absolute atomic E-state index is 0.148. The standard InChI is InChI=1S/C19H38N2O2/c1-14(2)12-15(3)20-16(4)13-17-10-8-9-11-21(17)18(22)23-19(5,6)7/h14-17,20H,8-13H2,1-7H3. The number of amides is 1. The second-order valence-corrected chi connectivity index (χ2v) is 8.66.